The first-order valence-electron chi connectivity index (χ1n) is 6.37. The van der Waals surface area contributed by atoms with Gasteiger partial charge in [-0.15, -0.1) is 0 Å². The maximum Gasteiger partial charge on any atom is 0.249 e. The third-order valence-corrected chi connectivity index (χ3v) is 3.08. The highest BCUT2D eigenvalue weighted by Gasteiger charge is 2.11. The topological polar surface area (TPSA) is 81.5 Å². The average molecular weight is 267 g/mol. The molecule has 1 amide bonds. The number of amides is 1. The molecule has 0 aliphatic heterocycles. The molecule has 4 N–H and O–H groups in total. The zero-order valence-electron chi connectivity index (χ0n) is 11.3. The van der Waals surface area contributed by atoms with Crippen LogP contribution in [0.15, 0.2) is 59.6 Å². The van der Waals surface area contributed by atoms with Crippen molar-refractivity contribution in [1.82, 2.24) is 0 Å². The Morgan fingerprint density at radius 3 is 2.10 bits per heavy atom. The summed E-state index contributed by atoms with van der Waals surface area (Å²) in [7, 11) is 0. The van der Waals surface area contributed by atoms with E-state index in [2.05, 4.69) is 4.99 Å². The molecule has 0 radical (unpaired) electrons. The number of hydrogen-bond acceptors (Lipinski definition) is 2. The Morgan fingerprint density at radius 1 is 0.950 bits per heavy atom. The molecule has 0 saturated carbocycles. The quantitative estimate of drug-likeness (QED) is 0.658. The maximum absolute atomic E-state index is 11.4. The van der Waals surface area contributed by atoms with Gasteiger partial charge in [0.15, 0.2) is 0 Å². The number of primary amides is 1. The van der Waals surface area contributed by atoms with Crippen molar-refractivity contribution in [3.05, 3.63) is 71.3 Å². The summed E-state index contributed by atoms with van der Waals surface area (Å²) in [5, 5.41) is 0. The molecule has 2 aromatic carbocycles. The molecule has 20 heavy (non-hydrogen) atoms. The molecular formula is C16H17N3O. The Hall–Kier alpha value is -2.62. The Morgan fingerprint density at radius 2 is 1.50 bits per heavy atom. The number of hydrogen-bond donors (Lipinski definition) is 2. The molecular weight excluding hydrogens is 250 g/mol. The van der Waals surface area contributed by atoms with Crippen molar-refractivity contribution in [2.75, 3.05) is 0 Å². The Balaban J connectivity index is 2.34. The van der Waals surface area contributed by atoms with Crippen LogP contribution in [0.3, 0.4) is 0 Å². The van der Waals surface area contributed by atoms with Crippen molar-refractivity contribution >= 4 is 11.7 Å². The smallest absolute Gasteiger partial charge is 0.249 e. The molecule has 2 rings (SSSR count). The molecule has 0 aliphatic rings. The SMILES string of the molecule is C[C@H](N=C(N)c1ccccc1C(N)=O)c1ccccc1. The molecule has 0 bridgehead atoms. The van der Waals surface area contributed by atoms with Crippen molar-refractivity contribution in [1.29, 1.82) is 0 Å². The Kier molecular flexibility index (Phi) is 4.15. The van der Waals surface area contributed by atoms with Crippen LogP contribution < -0.4 is 11.5 Å². The van der Waals surface area contributed by atoms with E-state index < -0.39 is 5.91 Å². The zero-order chi connectivity index (χ0) is 14.5. The van der Waals surface area contributed by atoms with Crippen LogP contribution in [0.4, 0.5) is 0 Å². The fraction of sp³-hybridized carbons (Fsp3) is 0.125. The van der Waals surface area contributed by atoms with E-state index in [4.69, 9.17) is 11.5 Å². The van der Waals surface area contributed by atoms with E-state index in [1.54, 1.807) is 24.3 Å². The van der Waals surface area contributed by atoms with E-state index in [9.17, 15) is 4.79 Å². The first kappa shape index (κ1) is 13.8. The summed E-state index contributed by atoms with van der Waals surface area (Å²) in [6.45, 7) is 1.95. The lowest BCUT2D eigenvalue weighted by Gasteiger charge is -2.10. The fourth-order valence-corrected chi connectivity index (χ4v) is 2.01. The molecule has 1 atom stereocenters. The van der Waals surface area contributed by atoms with Gasteiger partial charge < -0.3 is 11.5 Å². The van der Waals surface area contributed by atoms with Crippen LogP contribution >= 0.6 is 0 Å². The average Bonchev–Trinajstić information content (AvgIpc) is 2.48. The molecule has 0 fully saturated rings. The summed E-state index contributed by atoms with van der Waals surface area (Å²) < 4.78 is 0. The summed E-state index contributed by atoms with van der Waals surface area (Å²) in [5.74, 6) is -0.193. The monoisotopic (exact) mass is 267 g/mol. The lowest BCUT2D eigenvalue weighted by Crippen LogP contribution is -2.21. The second-order valence-corrected chi connectivity index (χ2v) is 4.51. The standard InChI is InChI=1S/C16H17N3O/c1-11(12-7-3-2-4-8-12)19-15(17)13-9-5-6-10-14(13)16(18)20/h2-11H,1H3,(H2,17,19)(H2,18,20)/t11-/m0/s1. The third-order valence-electron chi connectivity index (χ3n) is 3.08. The van der Waals surface area contributed by atoms with Crippen LogP contribution in [-0.4, -0.2) is 11.7 Å². The van der Waals surface area contributed by atoms with Gasteiger partial charge in [-0.2, -0.15) is 0 Å². The number of carbonyl (C=O) groups is 1. The van der Waals surface area contributed by atoms with Gasteiger partial charge in [0.1, 0.15) is 5.84 Å². The lowest BCUT2D eigenvalue weighted by atomic mass is 10.1. The van der Waals surface area contributed by atoms with Gasteiger partial charge in [0, 0.05) is 11.1 Å². The summed E-state index contributed by atoms with van der Waals surface area (Å²) in [5.41, 5.74) is 13.4. The van der Waals surface area contributed by atoms with Crippen LogP contribution in [0.5, 0.6) is 0 Å². The van der Waals surface area contributed by atoms with Crippen LogP contribution in [0.25, 0.3) is 0 Å². The van der Waals surface area contributed by atoms with Crippen LogP contribution in [0.1, 0.15) is 34.5 Å². The molecule has 0 aromatic heterocycles. The number of rotatable bonds is 4. The van der Waals surface area contributed by atoms with Gasteiger partial charge in [-0.25, -0.2) is 0 Å². The second kappa shape index (κ2) is 6.02. The van der Waals surface area contributed by atoms with E-state index in [1.165, 1.54) is 0 Å². The van der Waals surface area contributed by atoms with Gasteiger partial charge >= 0.3 is 0 Å². The van der Waals surface area contributed by atoms with Crippen molar-refractivity contribution < 1.29 is 4.79 Å². The minimum atomic E-state index is -0.508. The Bertz CT molecular complexity index is 635. The number of nitrogens with zero attached hydrogens (tertiary/aromatic N) is 1. The van der Waals surface area contributed by atoms with E-state index >= 15 is 0 Å². The lowest BCUT2D eigenvalue weighted by molar-refractivity contribution is 0.1000. The summed E-state index contributed by atoms with van der Waals surface area (Å²) in [4.78, 5) is 15.8. The van der Waals surface area contributed by atoms with Gasteiger partial charge in [0.05, 0.1) is 6.04 Å². The number of carbonyl (C=O) groups excluding carboxylic acids is 1. The van der Waals surface area contributed by atoms with Gasteiger partial charge in [0.2, 0.25) is 5.91 Å². The molecule has 4 nitrogen and oxygen atoms in total. The highest BCUT2D eigenvalue weighted by molar-refractivity contribution is 6.08. The number of benzene rings is 2. The van der Waals surface area contributed by atoms with E-state index in [1.807, 2.05) is 37.3 Å². The van der Waals surface area contributed by atoms with E-state index in [0.29, 0.717) is 17.0 Å². The van der Waals surface area contributed by atoms with Gasteiger partial charge in [0.25, 0.3) is 0 Å². The summed E-state index contributed by atoms with van der Waals surface area (Å²) in [6, 6.07) is 16.7. The number of amidine groups is 1. The van der Waals surface area contributed by atoms with Crippen LogP contribution in [0, 0.1) is 0 Å². The fourth-order valence-electron chi connectivity index (χ4n) is 2.01. The molecule has 0 heterocycles. The predicted molar refractivity (Wildman–Crippen MR) is 80.5 cm³/mol. The number of aliphatic imine (C=N–C) groups is 1. The normalized spacial score (nSPS) is 12.9. The van der Waals surface area contributed by atoms with Gasteiger partial charge in [-0.05, 0) is 18.6 Å². The molecule has 0 saturated heterocycles. The largest absolute Gasteiger partial charge is 0.383 e. The van der Waals surface area contributed by atoms with Crippen molar-refractivity contribution in [3.8, 4) is 0 Å². The first-order chi connectivity index (χ1) is 9.59. The highest BCUT2D eigenvalue weighted by Crippen LogP contribution is 2.17. The maximum atomic E-state index is 11.4. The van der Waals surface area contributed by atoms with Gasteiger partial charge in [-0.1, -0.05) is 48.5 Å². The van der Waals surface area contributed by atoms with Crippen molar-refractivity contribution in [2.24, 2.45) is 16.5 Å². The molecule has 2 aromatic rings. The van der Waals surface area contributed by atoms with Crippen molar-refractivity contribution in [2.45, 2.75) is 13.0 Å². The van der Waals surface area contributed by atoms with Crippen molar-refractivity contribution in [3.63, 3.8) is 0 Å². The minimum absolute atomic E-state index is 0.0860. The number of nitrogens with two attached hydrogens (primary N) is 2. The molecule has 4 heteroatoms. The Labute approximate surface area is 118 Å². The molecule has 0 aliphatic carbocycles. The summed E-state index contributed by atoms with van der Waals surface area (Å²) >= 11 is 0. The van der Waals surface area contributed by atoms with Crippen LogP contribution in [0.2, 0.25) is 0 Å². The van der Waals surface area contributed by atoms with E-state index in [-0.39, 0.29) is 6.04 Å². The molecule has 102 valence electrons. The minimum Gasteiger partial charge on any atom is -0.383 e. The zero-order valence-corrected chi connectivity index (χ0v) is 11.3. The van der Waals surface area contributed by atoms with Gasteiger partial charge in [-0.3, -0.25) is 9.79 Å². The second-order valence-electron chi connectivity index (χ2n) is 4.51. The van der Waals surface area contributed by atoms with Crippen LogP contribution in [-0.2, 0) is 0 Å². The molecule has 0 spiro atoms. The first-order valence-corrected chi connectivity index (χ1v) is 6.37. The molecule has 0 unspecified atom stereocenters. The highest BCUT2D eigenvalue weighted by atomic mass is 16.1. The van der Waals surface area contributed by atoms with E-state index in [0.717, 1.165) is 5.56 Å². The summed E-state index contributed by atoms with van der Waals surface area (Å²) in [6.07, 6.45) is 0. The predicted octanol–water partition coefficient (Wildman–Crippen LogP) is 2.25. The third kappa shape index (κ3) is 3.03.